The van der Waals surface area contributed by atoms with Gasteiger partial charge in [0.1, 0.15) is 5.75 Å². The third-order valence-corrected chi connectivity index (χ3v) is 5.49. The van der Waals surface area contributed by atoms with Crippen molar-refractivity contribution in [2.45, 2.75) is 44.6 Å². The summed E-state index contributed by atoms with van der Waals surface area (Å²) in [6, 6.07) is 6.48. The number of hydrogen-bond acceptors (Lipinski definition) is 4. The van der Waals surface area contributed by atoms with Crippen LogP contribution in [0.2, 0.25) is 0 Å². The Kier molecular flexibility index (Phi) is 6.76. The molecule has 1 aliphatic rings. The highest BCUT2D eigenvalue weighted by Gasteiger charge is 2.62. The number of rotatable bonds is 9. The highest BCUT2D eigenvalue weighted by atomic mass is 32.2. The molecular formula is C18H22F3NO3S. The maximum absolute atomic E-state index is 15.0. The molecular weight excluding hydrogens is 367 g/mol. The second kappa shape index (κ2) is 8.45. The lowest BCUT2D eigenvalue weighted by molar-refractivity contribution is -0.140. The summed E-state index contributed by atoms with van der Waals surface area (Å²) in [4.78, 5) is 11.4. The number of halogens is 3. The summed E-state index contributed by atoms with van der Waals surface area (Å²) in [7, 11) is 0. The van der Waals surface area contributed by atoms with E-state index in [0.29, 0.717) is 12.0 Å². The highest BCUT2D eigenvalue weighted by molar-refractivity contribution is 7.89. The summed E-state index contributed by atoms with van der Waals surface area (Å²) in [6.45, 7) is 3.22. The molecule has 0 fully saturated rings. The molecule has 144 valence electrons. The zero-order valence-corrected chi connectivity index (χ0v) is 15.5. The standard InChI is InChI=1S/C18H22F3NO3S/c1-3-5-10-26(24)22-17(11-13-8-6-7-9-14(13)17)18(20,21)12-15(19)16(23)25-4-2/h6-9,12,22H,3-5,10-11H2,1-2H3/b15-12-/t17-,26-/m1/s1. The van der Waals surface area contributed by atoms with Crippen molar-refractivity contribution in [1.29, 1.82) is 0 Å². The number of alkyl halides is 2. The molecule has 1 aromatic carbocycles. The van der Waals surface area contributed by atoms with Gasteiger partial charge in [0.15, 0.2) is 5.54 Å². The zero-order valence-electron chi connectivity index (χ0n) is 14.7. The first-order chi connectivity index (χ1) is 12.3. The summed E-state index contributed by atoms with van der Waals surface area (Å²) >= 11 is -1.72. The first-order valence-corrected chi connectivity index (χ1v) is 9.77. The molecule has 0 heterocycles. The van der Waals surface area contributed by atoms with Crippen LogP contribution in [0.5, 0.6) is 0 Å². The van der Waals surface area contributed by atoms with E-state index in [2.05, 4.69) is 9.46 Å². The lowest BCUT2D eigenvalue weighted by atomic mass is 9.67. The van der Waals surface area contributed by atoms with Crippen molar-refractivity contribution < 1.29 is 27.3 Å². The van der Waals surface area contributed by atoms with Crippen molar-refractivity contribution in [3.8, 4) is 0 Å². The lowest BCUT2D eigenvalue weighted by Gasteiger charge is -2.47. The predicted octanol–water partition coefficient (Wildman–Crippen LogP) is 3.54. The van der Waals surface area contributed by atoms with Gasteiger partial charge >= 0.3 is 5.97 Å². The third-order valence-electron chi connectivity index (χ3n) is 4.25. The van der Waals surface area contributed by atoms with Crippen LogP contribution in [0.15, 0.2) is 36.2 Å². The highest BCUT2D eigenvalue weighted by Crippen LogP contribution is 2.50. The van der Waals surface area contributed by atoms with E-state index in [1.54, 1.807) is 18.2 Å². The Morgan fingerprint density at radius 3 is 2.73 bits per heavy atom. The van der Waals surface area contributed by atoms with Crippen LogP contribution >= 0.6 is 0 Å². The van der Waals surface area contributed by atoms with Crippen LogP contribution in [0.4, 0.5) is 13.2 Å². The number of esters is 1. The van der Waals surface area contributed by atoms with Crippen LogP contribution in [0.1, 0.15) is 37.8 Å². The Morgan fingerprint density at radius 1 is 1.42 bits per heavy atom. The molecule has 1 aliphatic carbocycles. The van der Waals surface area contributed by atoms with Crippen molar-refractivity contribution in [1.82, 2.24) is 4.72 Å². The fraction of sp³-hybridized carbons (Fsp3) is 0.500. The second-order valence-corrected chi connectivity index (χ2v) is 7.38. The molecule has 1 aromatic rings. The molecule has 0 saturated heterocycles. The Labute approximate surface area is 154 Å². The molecule has 26 heavy (non-hydrogen) atoms. The Morgan fingerprint density at radius 2 is 2.12 bits per heavy atom. The summed E-state index contributed by atoms with van der Waals surface area (Å²) < 4.78 is 63.1. The minimum absolute atomic E-state index is 0.0368. The smallest absolute Gasteiger partial charge is 0.367 e. The van der Waals surface area contributed by atoms with E-state index in [9.17, 15) is 13.7 Å². The van der Waals surface area contributed by atoms with Crippen LogP contribution in [0.25, 0.3) is 0 Å². The molecule has 8 heteroatoms. The molecule has 1 N–H and O–H groups in total. The number of unbranched alkanes of at least 4 members (excludes halogenated alkanes) is 1. The first-order valence-electron chi connectivity index (χ1n) is 8.45. The zero-order chi connectivity index (χ0) is 19.4. The predicted molar refractivity (Wildman–Crippen MR) is 93.6 cm³/mol. The average Bonchev–Trinajstić information content (AvgIpc) is 2.57. The van der Waals surface area contributed by atoms with Gasteiger partial charge in [-0.1, -0.05) is 37.6 Å². The maximum atomic E-state index is 15.0. The number of fused-ring (bicyclic) bond motifs is 1. The van der Waals surface area contributed by atoms with Gasteiger partial charge in [0.2, 0.25) is 5.83 Å². The number of hydrogen-bond donors (Lipinski definition) is 1. The maximum Gasteiger partial charge on any atom is 0.367 e. The molecule has 4 nitrogen and oxygen atoms in total. The third kappa shape index (κ3) is 4.07. The monoisotopic (exact) mass is 389 g/mol. The van der Waals surface area contributed by atoms with Gasteiger partial charge in [0.25, 0.3) is 5.92 Å². The molecule has 2 atom stereocenters. The van der Waals surface area contributed by atoms with Crippen molar-refractivity contribution in [2.24, 2.45) is 0 Å². The Balaban J connectivity index is 2.36. The van der Waals surface area contributed by atoms with Gasteiger partial charge in [-0.15, -0.1) is 4.72 Å². The molecule has 0 bridgehead atoms. The summed E-state index contributed by atoms with van der Waals surface area (Å²) in [5.41, 5.74) is -1.11. The van der Waals surface area contributed by atoms with E-state index in [0.717, 1.165) is 6.42 Å². The first kappa shape index (κ1) is 20.8. The van der Waals surface area contributed by atoms with Gasteiger partial charge in [-0.2, -0.15) is 13.2 Å². The Hall–Kier alpha value is -1.51. The van der Waals surface area contributed by atoms with Gasteiger partial charge in [0, 0.05) is 23.9 Å². The second-order valence-electron chi connectivity index (χ2n) is 6.08. The SMILES string of the molecule is CCCC[S@@+]([O-])N[C@]1(C(F)(F)/C=C(\F)C(=O)OCC)Cc2ccccc21. The quantitative estimate of drug-likeness (QED) is 0.399. The van der Waals surface area contributed by atoms with E-state index in [-0.39, 0.29) is 30.4 Å². The number of benzene rings is 1. The fourth-order valence-corrected chi connectivity index (χ4v) is 4.24. The van der Waals surface area contributed by atoms with Gasteiger partial charge in [-0.05, 0) is 24.5 Å². The molecule has 0 aliphatic heterocycles. The molecule has 0 spiro atoms. The molecule has 0 radical (unpaired) electrons. The van der Waals surface area contributed by atoms with Crippen LogP contribution in [0.3, 0.4) is 0 Å². The van der Waals surface area contributed by atoms with E-state index in [1.807, 2.05) is 6.92 Å². The van der Waals surface area contributed by atoms with E-state index >= 15 is 8.78 Å². The van der Waals surface area contributed by atoms with Crippen LogP contribution < -0.4 is 4.72 Å². The van der Waals surface area contributed by atoms with Crippen LogP contribution in [-0.2, 0) is 32.9 Å². The van der Waals surface area contributed by atoms with E-state index in [1.165, 1.54) is 13.0 Å². The number of ether oxygens (including phenoxy) is 1. The average molecular weight is 389 g/mol. The number of carbonyl (C=O) groups is 1. The van der Waals surface area contributed by atoms with Gasteiger partial charge < -0.3 is 9.29 Å². The molecule has 0 aromatic heterocycles. The number of carbonyl (C=O) groups excluding carboxylic acids is 1. The Bertz CT molecular complexity index is 683. The number of nitrogens with one attached hydrogen (secondary N) is 1. The van der Waals surface area contributed by atoms with Gasteiger partial charge in [-0.25, -0.2) is 4.79 Å². The largest absolute Gasteiger partial charge is 0.598 e. The molecule has 0 unspecified atom stereocenters. The lowest BCUT2D eigenvalue weighted by Crippen LogP contribution is -2.63. The summed E-state index contributed by atoms with van der Waals surface area (Å²) in [5, 5.41) is 0. The van der Waals surface area contributed by atoms with Gasteiger partial charge in [0.05, 0.1) is 6.61 Å². The van der Waals surface area contributed by atoms with E-state index in [4.69, 9.17) is 0 Å². The summed E-state index contributed by atoms with van der Waals surface area (Å²) in [6.07, 6.45) is 1.21. The molecule has 0 amide bonds. The normalized spacial score (nSPS) is 20.9. The van der Waals surface area contributed by atoms with Gasteiger partial charge in [-0.3, -0.25) is 0 Å². The van der Waals surface area contributed by atoms with Crippen molar-refractivity contribution in [3.05, 3.63) is 47.3 Å². The van der Waals surface area contributed by atoms with Crippen molar-refractivity contribution in [3.63, 3.8) is 0 Å². The molecule has 0 saturated carbocycles. The minimum atomic E-state index is -3.78. The minimum Gasteiger partial charge on any atom is -0.598 e. The fourth-order valence-electron chi connectivity index (χ4n) is 2.88. The molecule has 2 rings (SSSR count). The summed E-state index contributed by atoms with van der Waals surface area (Å²) in [5.74, 6) is -6.68. The topological polar surface area (TPSA) is 61.4 Å². The van der Waals surface area contributed by atoms with Crippen LogP contribution in [-0.4, -0.2) is 28.8 Å². The van der Waals surface area contributed by atoms with E-state index < -0.39 is 34.6 Å². The van der Waals surface area contributed by atoms with Crippen molar-refractivity contribution in [2.75, 3.05) is 12.4 Å². The van der Waals surface area contributed by atoms with Crippen LogP contribution in [0, 0.1) is 0 Å². The van der Waals surface area contributed by atoms with Crippen molar-refractivity contribution >= 4 is 17.3 Å².